The van der Waals surface area contributed by atoms with Crippen LogP contribution >= 0.6 is 0 Å². The maximum atomic E-state index is 13.6. The number of para-hydroxylation sites is 2. The van der Waals surface area contributed by atoms with Crippen molar-refractivity contribution < 1.29 is 22.7 Å². The van der Waals surface area contributed by atoms with Crippen LogP contribution in [0.4, 0.5) is 5.69 Å². The number of hydrogen-bond acceptors (Lipinski definition) is 5. The monoisotopic (exact) mass is 489 g/mol. The van der Waals surface area contributed by atoms with Crippen LogP contribution in [-0.4, -0.2) is 63.7 Å². The summed E-state index contributed by atoms with van der Waals surface area (Å²) in [7, 11) is -3.81. The summed E-state index contributed by atoms with van der Waals surface area (Å²) in [4.78, 5) is 27.8. The third kappa shape index (κ3) is 7.48. The number of likely N-dealkylation sites (N-methyl/N-ethyl adjacent to an activating group) is 1. The molecule has 0 aliphatic heterocycles. The van der Waals surface area contributed by atoms with Gasteiger partial charge < -0.3 is 15.0 Å². The van der Waals surface area contributed by atoms with Crippen molar-refractivity contribution >= 4 is 27.5 Å². The molecule has 2 aromatic carbocycles. The molecule has 186 valence electrons. The number of hydrogen-bond donors (Lipinski definition) is 1. The van der Waals surface area contributed by atoms with Gasteiger partial charge in [-0.3, -0.25) is 13.9 Å². The Kier molecular flexibility index (Phi) is 10.4. The smallest absolute Gasteiger partial charge is 0.244 e. The second-order valence-corrected chi connectivity index (χ2v) is 9.72. The maximum absolute atomic E-state index is 13.6. The first-order chi connectivity index (χ1) is 16.2. The van der Waals surface area contributed by atoms with Crippen molar-refractivity contribution in [2.24, 2.45) is 0 Å². The van der Waals surface area contributed by atoms with Gasteiger partial charge >= 0.3 is 0 Å². The first kappa shape index (κ1) is 27.2. The molecule has 8 nitrogen and oxygen atoms in total. The molecule has 1 unspecified atom stereocenters. The van der Waals surface area contributed by atoms with Gasteiger partial charge in [-0.2, -0.15) is 0 Å². The van der Waals surface area contributed by atoms with Crippen LogP contribution in [-0.2, 0) is 26.0 Å². The van der Waals surface area contributed by atoms with E-state index in [0.29, 0.717) is 31.7 Å². The van der Waals surface area contributed by atoms with Crippen molar-refractivity contribution in [1.29, 1.82) is 0 Å². The Labute approximate surface area is 202 Å². The van der Waals surface area contributed by atoms with Crippen LogP contribution in [0.3, 0.4) is 0 Å². The lowest BCUT2D eigenvalue weighted by Gasteiger charge is -2.33. The Bertz CT molecular complexity index is 1040. The molecule has 34 heavy (non-hydrogen) atoms. The third-order valence-electron chi connectivity index (χ3n) is 5.33. The van der Waals surface area contributed by atoms with Gasteiger partial charge in [0.1, 0.15) is 18.3 Å². The van der Waals surface area contributed by atoms with E-state index in [2.05, 4.69) is 5.32 Å². The normalized spacial score (nSPS) is 12.0. The fraction of sp³-hybridized carbons (Fsp3) is 0.440. The van der Waals surface area contributed by atoms with Gasteiger partial charge in [0.2, 0.25) is 21.8 Å². The van der Waals surface area contributed by atoms with Gasteiger partial charge in [0, 0.05) is 13.1 Å². The number of amides is 2. The van der Waals surface area contributed by atoms with E-state index < -0.39 is 28.5 Å². The Morgan fingerprint density at radius 2 is 1.65 bits per heavy atom. The molecule has 2 rings (SSSR count). The van der Waals surface area contributed by atoms with E-state index in [0.717, 1.165) is 16.1 Å². The zero-order chi connectivity index (χ0) is 25.1. The first-order valence-electron chi connectivity index (χ1n) is 11.5. The molecule has 0 fully saturated rings. The number of rotatable bonds is 13. The number of nitrogens with zero attached hydrogens (tertiary/aromatic N) is 2. The summed E-state index contributed by atoms with van der Waals surface area (Å²) in [5.74, 6) is -0.340. The van der Waals surface area contributed by atoms with E-state index in [1.54, 1.807) is 31.2 Å². The third-order valence-corrected chi connectivity index (χ3v) is 6.46. The highest BCUT2D eigenvalue weighted by Crippen LogP contribution is 2.30. The summed E-state index contributed by atoms with van der Waals surface area (Å²) in [5.41, 5.74) is 1.31. The van der Waals surface area contributed by atoms with Crippen molar-refractivity contribution in [3.8, 4) is 5.75 Å². The van der Waals surface area contributed by atoms with Crippen molar-refractivity contribution in [3.63, 3.8) is 0 Å². The molecule has 0 aromatic heterocycles. The Balaban J connectivity index is 2.39. The van der Waals surface area contributed by atoms with Gasteiger partial charge in [-0.05, 0) is 44.4 Å². The van der Waals surface area contributed by atoms with Gasteiger partial charge in [-0.1, -0.05) is 49.4 Å². The molecule has 0 spiro atoms. The molecule has 0 saturated carbocycles. The van der Waals surface area contributed by atoms with Crippen LogP contribution in [0, 0.1) is 0 Å². The SMILES string of the molecule is CCNC(=O)C(CC)N(CCc1ccccc1)C(=O)CN(c1ccccc1OCC)S(C)(=O)=O. The van der Waals surface area contributed by atoms with Crippen LogP contribution in [0.2, 0.25) is 0 Å². The van der Waals surface area contributed by atoms with Crippen LogP contribution in [0.25, 0.3) is 0 Å². The van der Waals surface area contributed by atoms with E-state index in [-0.39, 0.29) is 18.1 Å². The minimum absolute atomic E-state index is 0.257. The Hall–Kier alpha value is -3.07. The molecule has 0 aliphatic carbocycles. The molecule has 1 N–H and O–H groups in total. The van der Waals surface area contributed by atoms with E-state index >= 15 is 0 Å². The second-order valence-electron chi connectivity index (χ2n) is 7.81. The second kappa shape index (κ2) is 13.0. The number of carbonyl (C=O) groups excluding carboxylic acids is 2. The molecular weight excluding hydrogens is 454 g/mol. The summed E-state index contributed by atoms with van der Waals surface area (Å²) in [5, 5.41) is 2.79. The summed E-state index contributed by atoms with van der Waals surface area (Å²) < 4.78 is 32.1. The topological polar surface area (TPSA) is 96.0 Å². The van der Waals surface area contributed by atoms with Crippen molar-refractivity contribution in [2.45, 2.75) is 39.7 Å². The van der Waals surface area contributed by atoms with Gasteiger partial charge in [-0.25, -0.2) is 8.42 Å². The van der Waals surface area contributed by atoms with Crippen molar-refractivity contribution in [3.05, 3.63) is 60.2 Å². The molecule has 9 heteroatoms. The highest BCUT2D eigenvalue weighted by molar-refractivity contribution is 7.92. The summed E-state index contributed by atoms with van der Waals surface area (Å²) in [6.45, 7) is 6.08. The molecule has 0 aliphatic rings. The predicted octanol–water partition coefficient (Wildman–Crippen LogP) is 2.84. The minimum atomic E-state index is -3.81. The number of nitrogens with one attached hydrogen (secondary N) is 1. The quantitative estimate of drug-likeness (QED) is 0.467. The zero-order valence-corrected chi connectivity index (χ0v) is 21.2. The summed E-state index contributed by atoms with van der Waals surface area (Å²) >= 11 is 0. The molecule has 0 bridgehead atoms. The Morgan fingerprint density at radius 3 is 2.24 bits per heavy atom. The molecule has 1 atom stereocenters. The highest BCUT2D eigenvalue weighted by atomic mass is 32.2. The number of sulfonamides is 1. The lowest BCUT2D eigenvalue weighted by Crippen LogP contribution is -2.53. The van der Waals surface area contributed by atoms with E-state index in [9.17, 15) is 18.0 Å². The van der Waals surface area contributed by atoms with Crippen LogP contribution < -0.4 is 14.4 Å². The van der Waals surface area contributed by atoms with Crippen LogP contribution in [0.1, 0.15) is 32.8 Å². The highest BCUT2D eigenvalue weighted by Gasteiger charge is 2.32. The number of carbonyl (C=O) groups is 2. The zero-order valence-electron chi connectivity index (χ0n) is 20.4. The molecule has 2 amide bonds. The fourth-order valence-corrected chi connectivity index (χ4v) is 4.58. The predicted molar refractivity (Wildman–Crippen MR) is 134 cm³/mol. The molecule has 0 saturated heterocycles. The van der Waals surface area contributed by atoms with Gasteiger partial charge in [-0.15, -0.1) is 0 Å². The fourth-order valence-electron chi connectivity index (χ4n) is 3.72. The van der Waals surface area contributed by atoms with Crippen LogP contribution in [0.15, 0.2) is 54.6 Å². The first-order valence-corrected chi connectivity index (χ1v) is 13.4. The minimum Gasteiger partial charge on any atom is -0.492 e. The Morgan fingerprint density at radius 1 is 1.00 bits per heavy atom. The molecular formula is C25H35N3O5S. The maximum Gasteiger partial charge on any atom is 0.244 e. The number of benzene rings is 2. The standard InChI is InChI=1S/C25H35N3O5S/c1-5-21(25(30)26-6-2)27(18-17-20-13-9-8-10-14-20)24(29)19-28(34(4,31)32)22-15-11-12-16-23(22)33-7-3/h8-16,21H,5-7,17-19H2,1-4H3,(H,26,30). The molecule has 0 radical (unpaired) electrons. The summed E-state index contributed by atoms with van der Waals surface area (Å²) in [6, 6.07) is 15.6. The number of ether oxygens (including phenoxy) is 1. The van der Waals surface area contributed by atoms with Gasteiger partial charge in [0.25, 0.3) is 0 Å². The lowest BCUT2D eigenvalue weighted by atomic mass is 10.1. The average molecular weight is 490 g/mol. The van der Waals surface area contributed by atoms with E-state index in [4.69, 9.17) is 4.74 Å². The molecule has 2 aromatic rings. The molecule has 0 heterocycles. The van der Waals surface area contributed by atoms with Gasteiger partial charge in [0.15, 0.2) is 0 Å². The van der Waals surface area contributed by atoms with E-state index in [1.165, 1.54) is 4.90 Å². The van der Waals surface area contributed by atoms with Crippen molar-refractivity contribution in [1.82, 2.24) is 10.2 Å². The largest absolute Gasteiger partial charge is 0.492 e. The summed E-state index contributed by atoms with van der Waals surface area (Å²) in [6.07, 6.45) is 2.00. The average Bonchev–Trinajstić information content (AvgIpc) is 2.81. The lowest BCUT2D eigenvalue weighted by molar-refractivity contribution is -0.139. The van der Waals surface area contributed by atoms with Gasteiger partial charge in [0.05, 0.1) is 18.6 Å². The van der Waals surface area contributed by atoms with Crippen molar-refractivity contribution in [2.75, 3.05) is 36.8 Å². The van der Waals surface area contributed by atoms with Crippen LogP contribution in [0.5, 0.6) is 5.75 Å². The van der Waals surface area contributed by atoms with E-state index in [1.807, 2.05) is 44.2 Å². The number of anilines is 1.